The van der Waals surface area contributed by atoms with Crippen molar-refractivity contribution in [3.05, 3.63) is 70.1 Å². The van der Waals surface area contributed by atoms with E-state index in [9.17, 15) is 4.79 Å². The van der Waals surface area contributed by atoms with E-state index in [1.807, 2.05) is 36.4 Å². The molecule has 0 aliphatic heterocycles. The summed E-state index contributed by atoms with van der Waals surface area (Å²) < 4.78 is 17.7. The summed E-state index contributed by atoms with van der Waals surface area (Å²) in [6, 6.07) is 13.0. The molecule has 0 atom stereocenters. The molecule has 32 heavy (non-hydrogen) atoms. The van der Waals surface area contributed by atoms with Crippen LogP contribution >= 0.6 is 11.8 Å². The number of thioether (sulfide) groups is 1. The van der Waals surface area contributed by atoms with Crippen LogP contribution in [0.4, 0.5) is 0 Å². The third-order valence-corrected chi connectivity index (χ3v) is 5.89. The van der Waals surface area contributed by atoms with Gasteiger partial charge in [0.25, 0.3) is 5.56 Å². The van der Waals surface area contributed by atoms with E-state index < -0.39 is 0 Å². The largest absolute Gasteiger partial charge is 0.493 e. The Balaban J connectivity index is 1.69. The summed E-state index contributed by atoms with van der Waals surface area (Å²) in [5.41, 5.74) is 1.45. The molecule has 0 saturated heterocycles. The summed E-state index contributed by atoms with van der Waals surface area (Å²) in [5, 5.41) is 5.20. The predicted molar refractivity (Wildman–Crippen MR) is 123 cm³/mol. The molecular formula is C23H24N4O4S. The maximum absolute atomic E-state index is 13.3. The van der Waals surface area contributed by atoms with Gasteiger partial charge in [0.2, 0.25) is 5.89 Å². The highest BCUT2D eigenvalue weighted by atomic mass is 32.2. The van der Waals surface area contributed by atoms with E-state index in [0.717, 1.165) is 18.4 Å². The van der Waals surface area contributed by atoms with Gasteiger partial charge in [0, 0.05) is 6.42 Å². The lowest BCUT2D eigenvalue weighted by atomic mass is 10.2. The Bertz CT molecular complexity index is 1280. The van der Waals surface area contributed by atoms with Gasteiger partial charge in [-0.15, -0.1) is 0 Å². The van der Waals surface area contributed by atoms with Crippen molar-refractivity contribution in [2.45, 2.75) is 37.2 Å². The number of rotatable bonds is 9. The number of aromatic nitrogens is 4. The topological polar surface area (TPSA) is 92.3 Å². The van der Waals surface area contributed by atoms with E-state index in [1.165, 1.54) is 11.8 Å². The lowest BCUT2D eigenvalue weighted by molar-refractivity contribution is 0.354. The van der Waals surface area contributed by atoms with E-state index >= 15 is 0 Å². The van der Waals surface area contributed by atoms with Gasteiger partial charge in [-0.25, -0.2) is 4.98 Å². The maximum atomic E-state index is 13.3. The van der Waals surface area contributed by atoms with Crippen LogP contribution in [-0.2, 0) is 18.7 Å². The molecule has 0 fully saturated rings. The SMILES string of the molecule is CCCc1nc(CSc2nc3ccccc3c(=O)n2Cc2ccc(OC)c(OC)c2)no1. The zero-order valence-electron chi connectivity index (χ0n) is 18.2. The van der Waals surface area contributed by atoms with Gasteiger partial charge in [0.05, 0.1) is 37.4 Å². The van der Waals surface area contributed by atoms with Crippen LogP contribution in [0.25, 0.3) is 10.9 Å². The Hall–Kier alpha value is -3.33. The number of hydrogen-bond acceptors (Lipinski definition) is 8. The van der Waals surface area contributed by atoms with Crippen LogP contribution < -0.4 is 15.0 Å². The monoisotopic (exact) mass is 452 g/mol. The van der Waals surface area contributed by atoms with E-state index in [0.29, 0.717) is 51.6 Å². The van der Waals surface area contributed by atoms with Crippen LogP contribution in [0, 0.1) is 0 Å². The minimum atomic E-state index is -0.104. The molecule has 0 amide bonds. The normalized spacial score (nSPS) is 11.1. The number of methoxy groups -OCH3 is 2. The summed E-state index contributed by atoms with van der Waals surface area (Å²) in [5.74, 6) is 2.89. The zero-order chi connectivity index (χ0) is 22.5. The Morgan fingerprint density at radius 1 is 1.06 bits per heavy atom. The molecule has 4 rings (SSSR count). The van der Waals surface area contributed by atoms with Crippen LogP contribution in [-0.4, -0.2) is 33.9 Å². The summed E-state index contributed by atoms with van der Waals surface area (Å²) in [7, 11) is 3.18. The molecule has 0 N–H and O–H groups in total. The lowest BCUT2D eigenvalue weighted by Crippen LogP contribution is -2.24. The molecule has 0 unspecified atom stereocenters. The second-order valence-electron chi connectivity index (χ2n) is 7.14. The quantitative estimate of drug-likeness (QED) is 0.277. The summed E-state index contributed by atoms with van der Waals surface area (Å²) in [4.78, 5) is 22.5. The third kappa shape index (κ3) is 4.62. The van der Waals surface area contributed by atoms with Crippen LogP contribution in [0.1, 0.15) is 30.6 Å². The number of benzene rings is 2. The van der Waals surface area contributed by atoms with Gasteiger partial charge in [-0.3, -0.25) is 9.36 Å². The second-order valence-corrected chi connectivity index (χ2v) is 8.08. The smallest absolute Gasteiger partial charge is 0.262 e. The number of ether oxygens (including phenoxy) is 2. The van der Waals surface area contributed by atoms with Crippen molar-refractivity contribution in [1.29, 1.82) is 0 Å². The van der Waals surface area contributed by atoms with Gasteiger partial charge in [0.1, 0.15) is 0 Å². The van der Waals surface area contributed by atoms with Gasteiger partial charge in [0.15, 0.2) is 22.5 Å². The van der Waals surface area contributed by atoms with E-state index in [1.54, 1.807) is 24.9 Å². The third-order valence-electron chi connectivity index (χ3n) is 4.92. The van der Waals surface area contributed by atoms with Crippen molar-refractivity contribution in [3.8, 4) is 11.5 Å². The Morgan fingerprint density at radius 3 is 2.66 bits per heavy atom. The maximum Gasteiger partial charge on any atom is 0.262 e. The highest BCUT2D eigenvalue weighted by Gasteiger charge is 2.15. The molecule has 0 spiro atoms. The summed E-state index contributed by atoms with van der Waals surface area (Å²) in [6.07, 6.45) is 1.68. The van der Waals surface area contributed by atoms with E-state index in [-0.39, 0.29) is 5.56 Å². The van der Waals surface area contributed by atoms with Gasteiger partial charge in [-0.05, 0) is 36.2 Å². The average Bonchev–Trinajstić information content (AvgIpc) is 3.27. The van der Waals surface area contributed by atoms with Crippen molar-refractivity contribution in [1.82, 2.24) is 19.7 Å². The van der Waals surface area contributed by atoms with E-state index in [2.05, 4.69) is 17.1 Å². The molecule has 2 aromatic heterocycles. The molecule has 0 bridgehead atoms. The number of para-hydroxylation sites is 1. The minimum Gasteiger partial charge on any atom is -0.493 e. The lowest BCUT2D eigenvalue weighted by Gasteiger charge is -2.14. The van der Waals surface area contributed by atoms with Crippen molar-refractivity contribution in [2.75, 3.05) is 14.2 Å². The fraction of sp³-hybridized carbons (Fsp3) is 0.304. The summed E-state index contributed by atoms with van der Waals surface area (Å²) in [6.45, 7) is 2.40. The van der Waals surface area contributed by atoms with Crippen molar-refractivity contribution in [3.63, 3.8) is 0 Å². The fourth-order valence-electron chi connectivity index (χ4n) is 3.35. The second kappa shape index (κ2) is 9.86. The molecule has 2 aromatic carbocycles. The van der Waals surface area contributed by atoms with Crippen LogP contribution in [0.5, 0.6) is 11.5 Å². The molecular weight excluding hydrogens is 428 g/mol. The standard InChI is InChI=1S/C23H24N4O4S/c1-4-7-21-25-20(26-31-21)14-32-23-24-17-9-6-5-8-16(17)22(28)27(23)13-15-10-11-18(29-2)19(12-15)30-3/h5-6,8-12H,4,7,13-14H2,1-3H3. The van der Waals surface area contributed by atoms with Crippen LogP contribution in [0.3, 0.4) is 0 Å². The molecule has 0 saturated carbocycles. The molecule has 4 aromatic rings. The number of aryl methyl sites for hydroxylation is 1. The highest BCUT2D eigenvalue weighted by molar-refractivity contribution is 7.98. The molecule has 9 heteroatoms. The number of nitrogens with zero attached hydrogens (tertiary/aromatic N) is 4. The van der Waals surface area contributed by atoms with Crippen LogP contribution in [0.15, 0.2) is 56.9 Å². The fourth-order valence-corrected chi connectivity index (χ4v) is 4.19. The number of hydrogen-bond donors (Lipinski definition) is 0. The van der Waals surface area contributed by atoms with Gasteiger partial charge in [-0.1, -0.05) is 42.0 Å². The van der Waals surface area contributed by atoms with Gasteiger partial charge >= 0.3 is 0 Å². The Labute approximate surface area is 189 Å². The first-order valence-electron chi connectivity index (χ1n) is 10.3. The molecule has 0 aliphatic carbocycles. The molecule has 2 heterocycles. The minimum absolute atomic E-state index is 0.104. The molecule has 0 radical (unpaired) electrons. The van der Waals surface area contributed by atoms with Crippen molar-refractivity contribution in [2.24, 2.45) is 0 Å². The Kier molecular flexibility index (Phi) is 6.75. The van der Waals surface area contributed by atoms with Gasteiger partial charge in [-0.2, -0.15) is 4.98 Å². The molecule has 8 nitrogen and oxygen atoms in total. The van der Waals surface area contributed by atoms with E-state index in [4.69, 9.17) is 19.0 Å². The predicted octanol–water partition coefficient (Wildman–Crippen LogP) is 4.09. The Morgan fingerprint density at radius 2 is 1.88 bits per heavy atom. The van der Waals surface area contributed by atoms with Crippen LogP contribution in [0.2, 0.25) is 0 Å². The average molecular weight is 453 g/mol. The van der Waals surface area contributed by atoms with Crippen molar-refractivity contribution < 1.29 is 14.0 Å². The number of fused-ring (bicyclic) bond motifs is 1. The van der Waals surface area contributed by atoms with Crippen molar-refractivity contribution >= 4 is 22.7 Å². The first kappa shape index (κ1) is 21.9. The first-order chi connectivity index (χ1) is 15.6. The van der Waals surface area contributed by atoms with Gasteiger partial charge < -0.3 is 14.0 Å². The summed E-state index contributed by atoms with van der Waals surface area (Å²) >= 11 is 1.41. The zero-order valence-corrected chi connectivity index (χ0v) is 19.0. The highest BCUT2D eigenvalue weighted by Crippen LogP contribution is 2.29. The molecule has 166 valence electrons. The first-order valence-corrected chi connectivity index (χ1v) is 11.3. The molecule has 0 aliphatic rings.